The van der Waals surface area contributed by atoms with Crippen molar-refractivity contribution in [2.45, 2.75) is 6.92 Å². The molecule has 5 heteroatoms. The number of nitrogens with one attached hydrogen (secondary N) is 1. The molecule has 1 amide bonds. The molecule has 22 heavy (non-hydrogen) atoms. The number of carbonyl (C=O) groups excluding carboxylic acids is 1. The minimum absolute atomic E-state index is 0.166. The molecule has 1 heterocycles. The minimum Gasteiger partial charge on any atom is -0.380 e. The third-order valence-electron chi connectivity index (χ3n) is 2.91. The summed E-state index contributed by atoms with van der Waals surface area (Å²) in [6.45, 7) is 3.54. The van der Waals surface area contributed by atoms with Crippen LogP contribution in [0.2, 0.25) is 0 Å². The van der Waals surface area contributed by atoms with Crippen LogP contribution in [0.3, 0.4) is 0 Å². The average Bonchev–Trinajstić information content (AvgIpc) is 2.99. The van der Waals surface area contributed by atoms with E-state index in [-0.39, 0.29) is 11.7 Å². The van der Waals surface area contributed by atoms with Crippen molar-refractivity contribution in [2.75, 3.05) is 19.8 Å². The molecule has 2 aromatic rings. The molecule has 1 aromatic carbocycles. The Labute approximate surface area is 133 Å². The summed E-state index contributed by atoms with van der Waals surface area (Å²) in [4.78, 5) is 13.3. The molecule has 0 fully saturated rings. The molecule has 0 saturated heterocycles. The van der Waals surface area contributed by atoms with Crippen LogP contribution in [0.15, 0.2) is 42.5 Å². The number of hydrogen-bond donors (Lipinski definition) is 1. The maximum Gasteiger partial charge on any atom is 0.244 e. The van der Waals surface area contributed by atoms with E-state index in [4.69, 9.17) is 4.74 Å². The SMILES string of the molecule is CCOCCNC(=O)/C=C/c1ccc(-c2ccccc2F)s1. The fraction of sp³-hybridized carbons (Fsp3) is 0.235. The van der Waals surface area contributed by atoms with E-state index in [0.29, 0.717) is 25.3 Å². The highest BCUT2D eigenvalue weighted by Crippen LogP contribution is 2.30. The van der Waals surface area contributed by atoms with Gasteiger partial charge in [0.15, 0.2) is 0 Å². The summed E-state index contributed by atoms with van der Waals surface area (Å²) >= 11 is 1.44. The lowest BCUT2D eigenvalue weighted by atomic mass is 10.2. The fourth-order valence-corrected chi connectivity index (χ4v) is 2.79. The first-order valence-electron chi connectivity index (χ1n) is 7.09. The van der Waals surface area contributed by atoms with Crippen LogP contribution >= 0.6 is 11.3 Å². The van der Waals surface area contributed by atoms with Crippen LogP contribution in [0.1, 0.15) is 11.8 Å². The summed E-state index contributed by atoms with van der Waals surface area (Å²) in [6, 6.07) is 10.4. The van der Waals surface area contributed by atoms with Crippen LogP contribution < -0.4 is 5.32 Å². The molecule has 0 spiro atoms. The normalized spacial score (nSPS) is 11.0. The molecule has 0 atom stereocenters. The van der Waals surface area contributed by atoms with Crippen molar-refractivity contribution < 1.29 is 13.9 Å². The number of benzene rings is 1. The molecule has 0 radical (unpaired) electrons. The smallest absolute Gasteiger partial charge is 0.244 e. The van der Waals surface area contributed by atoms with Gasteiger partial charge in [0, 0.05) is 34.5 Å². The first-order chi connectivity index (χ1) is 10.7. The van der Waals surface area contributed by atoms with E-state index in [9.17, 15) is 9.18 Å². The molecule has 3 nitrogen and oxygen atoms in total. The summed E-state index contributed by atoms with van der Waals surface area (Å²) in [5, 5.41) is 2.73. The summed E-state index contributed by atoms with van der Waals surface area (Å²) in [6.07, 6.45) is 3.20. The minimum atomic E-state index is -0.242. The van der Waals surface area contributed by atoms with Gasteiger partial charge in [0.2, 0.25) is 5.91 Å². The zero-order valence-corrected chi connectivity index (χ0v) is 13.2. The predicted octanol–water partition coefficient (Wildman–Crippen LogP) is 3.72. The van der Waals surface area contributed by atoms with Crippen molar-refractivity contribution >= 4 is 23.3 Å². The van der Waals surface area contributed by atoms with E-state index in [1.807, 2.05) is 19.1 Å². The number of ether oxygens (including phenoxy) is 1. The molecular formula is C17H18FNO2S. The van der Waals surface area contributed by atoms with E-state index in [1.54, 1.807) is 24.3 Å². The predicted molar refractivity (Wildman–Crippen MR) is 88.2 cm³/mol. The number of halogens is 1. The van der Waals surface area contributed by atoms with E-state index >= 15 is 0 Å². The molecule has 116 valence electrons. The lowest BCUT2D eigenvalue weighted by Crippen LogP contribution is -2.25. The van der Waals surface area contributed by atoms with E-state index in [0.717, 1.165) is 9.75 Å². The van der Waals surface area contributed by atoms with Crippen LogP contribution in [0.4, 0.5) is 4.39 Å². The Balaban J connectivity index is 1.93. The number of thiophene rings is 1. The van der Waals surface area contributed by atoms with Gasteiger partial charge in [0.1, 0.15) is 5.82 Å². The van der Waals surface area contributed by atoms with Gasteiger partial charge in [-0.05, 0) is 31.2 Å². The Morgan fingerprint density at radius 2 is 2.14 bits per heavy atom. The second-order valence-electron chi connectivity index (χ2n) is 4.50. The third kappa shape index (κ3) is 4.79. The van der Waals surface area contributed by atoms with Gasteiger partial charge in [0.25, 0.3) is 0 Å². The topological polar surface area (TPSA) is 38.3 Å². The Morgan fingerprint density at radius 1 is 1.32 bits per heavy atom. The second-order valence-corrected chi connectivity index (χ2v) is 5.62. The molecule has 0 aliphatic rings. The van der Waals surface area contributed by atoms with Crippen LogP contribution in [-0.4, -0.2) is 25.7 Å². The van der Waals surface area contributed by atoms with Gasteiger partial charge in [-0.15, -0.1) is 11.3 Å². The monoisotopic (exact) mass is 319 g/mol. The summed E-state index contributed by atoms with van der Waals surface area (Å²) in [5.41, 5.74) is 0.577. The Kier molecular flexibility index (Phi) is 6.30. The van der Waals surface area contributed by atoms with Crippen LogP contribution in [0, 0.1) is 5.82 Å². The van der Waals surface area contributed by atoms with Gasteiger partial charge in [-0.2, -0.15) is 0 Å². The van der Waals surface area contributed by atoms with Gasteiger partial charge in [-0.25, -0.2) is 4.39 Å². The molecule has 0 unspecified atom stereocenters. The van der Waals surface area contributed by atoms with E-state index in [1.165, 1.54) is 23.5 Å². The summed E-state index contributed by atoms with van der Waals surface area (Å²) < 4.78 is 18.9. The van der Waals surface area contributed by atoms with Crippen LogP contribution in [0.25, 0.3) is 16.5 Å². The number of carbonyl (C=O) groups is 1. The summed E-state index contributed by atoms with van der Waals surface area (Å²) in [5.74, 6) is -0.408. The molecule has 0 bridgehead atoms. The first kappa shape index (κ1) is 16.4. The van der Waals surface area contributed by atoms with Crippen molar-refractivity contribution in [2.24, 2.45) is 0 Å². The highest BCUT2D eigenvalue weighted by Gasteiger charge is 2.06. The first-order valence-corrected chi connectivity index (χ1v) is 7.90. The molecular weight excluding hydrogens is 301 g/mol. The average molecular weight is 319 g/mol. The second kappa shape index (κ2) is 8.46. The number of hydrogen-bond acceptors (Lipinski definition) is 3. The van der Waals surface area contributed by atoms with Crippen molar-refractivity contribution in [1.82, 2.24) is 5.32 Å². The molecule has 2 rings (SSSR count). The molecule has 1 aromatic heterocycles. The van der Waals surface area contributed by atoms with Crippen LogP contribution in [0.5, 0.6) is 0 Å². The van der Waals surface area contributed by atoms with Crippen molar-refractivity contribution in [3.63, 3.8) is 0 Å². The van der Waals surface area contributed by atoms with Gasteiger partial charge in [0.05, 0.1) is 6.61 Å². The Hall–Kier alpha value is -1.98. The van der Waals surface area contributed by atoms with Crippen molar-refractivity contribution in [1.29, 1.82) is 0 Å². The maximum absolute atomic E-state index is 13.7. The molecule has 0 saturated carbocycles. The van der Waals surface area contributed by atoms with Gasteiger partial charge in [-0.1, -0.05) is 18.2 Å². The largest absolute Gasteiger partial charge is 0.380 e. The Morgan fingerprint density at radius 3 is 2.91 bits per heavy atom. The highest BCUT2D eigenvalue weighted by atomic mass is 32.1. The third-order valence-corrected chi connectivity index (χ3v) is 4.00. The standard InChI is InChI=1S/C17H18FNO2S/c1-2-21-12-11-19-17(20)10-8-13-7-9-16(22-13)14-5-3-4-6-15(14)18/h3-10H,2,11-12H2,1H3,(H,19,20)/b10-8+. The highest BCUT2D eigenvalue weighted by molar-refractivity contribution is 7.16. The molecule has 0 aliphatic heterocycles. The lowest BCUT2D eigenvalue weighted by Gasteiger charge is -2.01. The Bertz CT molecular complexity index is 652. The number of rotatable bonds is 7. The zero-order chi connectivity index (χ0) is 15.8. The van der Waals surface area contributed by atoms with E-state index < -0.39 is 0 Å². The van der Waals surface area contributed by atoms with E-state index in [2.05, 4.69) is 5.32 Å². The van der Waals surface area contributed by atoms with Gasteiger partial charge < -0.3 is 10.1 Å². The van der Waals surface area contributed by atoms with Crippen molar-refractivity contribution in [3.05, 3.63) is 53.2 Å². The number of amides is 1. The molecule has 1 N–H and O–H groups in total. The maximum atomic E-state index is 13.7. The van der Waals surface area contributed by atoms with Crippen molar-refractivity contribution in [3.8, 4) is 10.4 Å². The van der Waals surface area contributed by atoms with Gasteiger partial charge >= 0.3 is 0 Å². The lowest BCUT2D eigenvalue weighted by molar-refractivity contribution is -0.116. The van der Waals surface area contributed by atoms with Crippen LogP contribution in [-0.2, 0) is 9.53 Å². The summed E-state index contributed by atoms with van der Waals surface area (Å²) in [7, 11) is 0. The molecule has 0 aliphatic carbocycles. The zero-order valence-electron chi connectivity index (χ0n) is 12.3. The van der Waals surface area contributed by atoms with Gasteiger partial charge in [-0.3, -0.25) is 4.79 Å². The quantitative estimate of drug-likeness (QED) is 0.624. The fourth-order valence-electron chi connectivity index (χ4n) is 1.86.